The molecule has 1 aliphatic rings. The molecule has 2 atom stereocenters. The monoisotopic (exact) mass is 277 g/mol. The second-order valence-corrected chi connectivity index (χ2v) is 6.82. The molecule has 3 N–H and O–H groups in total. The summed E-state index contributed by atoms with van der Waals surface area (Å²) < 4.78 is 5.81. The Morgan fingerprint density at radius 3 is 2.60 bits per heavy atom. The first kappa shape index (κ1) is 14.9. The zero-order chi connectivity index (χ0) is 14.8. The Balaban J connectivity index is 2.10. The van der Waals surface area contributed by atoms with Crippen LogP contribution in [-0.2, 0) is 0 Å². The maximum absolute atomic E-state index is 5.94. The third-order valence-electron chi connectivity index (χ3n) is 3.74. The molecule has 0 saturated heterocycles. The first-order valence-corrected chi connectivity index (χ1v) is 7.57. The summed E-state index contributed by atoms with van der Waals surface area (Å²) in [6, 6.07) is 4.30. The summed E-state index contributed by atoms with van der Waals surface area (Å²) in [4.78, 5) is 4.53. The molecule has 1 heterocycles. The fourth-order valence-electron chi connectivity index (χ4n) is 2.62. The van der Waals surface area contributed by atoms with E-state index in [9.17, 15) is 0 Å². The van der Waals surface area contributed by atoms with E-state index in [1.165, 1.54) is 25.7 Å². The van der Waals surface area contributed by atoms with Gasteiger partial charge in [-0.3, -0.25) is 0 Å². The van der Waals surface area contributed by atoms with Gasteiger partial charge in [0.1, 0.15) is 11.4 Å². The molecular weight excluding hydrogens is 250 g/mol. The maximum atomic E-state index is 5.94. The lowest BCUT2D eigenvalue weighted by molar-refractivity contribution is 0.125. The lowest BCUT2D eigenvalue weighted by atomic mass is 9.86. The van der Waals surface area contributed by atoms with Crippen molar-refractivity contribution in [2.24, 2.45) is 5.92 Å². The van der Waals surface area contributed by atoms with Gasteiger partial charge in [0.05, 0.1) is 5.69 Å². The van der Waals surface area contributed by atoms with Crippen molar-refractivity contribution in [1.29, 1.82) is 0 Å². The van der Waals surface area contributed by atoms with E-state index in [0.29, 0.717) is 23.5 Å². The van der Waals surface area contributed by atoms with E-state index in [-0.39, 0.29) is 5.60 Å². The molecule has 2 unspecified atom stereocenters. The van der Waals surface area contributed by atoms with Crippen LogP contribution in [0.25, 0.3) is 0 Å². The smallest absolute Gasteiger partial charge is 0.239 e. The van der Waals surface area contributed by atoms with Crippen LogP contribution in [0.2, 0.25) is 0 Å². The van der Waals surface area contributed by atoms with Gasteiger partial charge in [-0.1, -0.05) is 19.8 Å². The predicted molar refractivity (Wildman–Crippen MR) is 84.1 cm³/mol. The molecule has 1 saturated carbocycles. The van der Waals surface area contributed by atoms with Crippen LogP contribution in [0.5, 0.6) is 5.88 Å². The Hall–Kier alpha value is -1.45. The van der Waals surface area contributed by atoms with E-state index in [1.807, 2.05) is 32.9 Å². The van der Waals surface area contributed by atoms with Gasteiger partial charge in [0, 0.05) is 6.04 Å². The van der Waals surface area contributed by atoms with Crippen LogP contribution in [0.1, 0.15) is 53.4 Å². The molecular formula is C16H27N3O. The van der Waals surface area contributed by atoms with E-state index >= 15 is 0 Å². The number of aromatic nitrogens is 1. The Labute approximate surface area is 122 Å². The van der Waals surface area contributed by atoms with Gasteiger partial charge in [-0.05, 0) is 51.7 Å². The van der Waals surface area contributed by atoms with Crippen molar-refractivity contribution in [2.75, 3.05) is 11.1 Å². The first-order chi connectivity index (χ1) is 9.35. The molecule has 0 aromatic carbocycles. The van der Waals surface area contributed by atoms with E-state index in [4.69, 9.17) is 10.5 Å². The average Bonchev–Trinajstić information content (AvgIpc) is 2.34. The van der Waals surface area contributed by atoms with Crippen molar-refractivity contribution < 1.29 is 4.74 Å². The van der Waals surface area contributed by atoms with Crippen molar-refractivity contribution >= 4 is 11.5 Å². The maximum Gasteiger partial charge on any atom is 0.239 e. The molecule has 1 aromatic heterocycles. The molecule has 0 spiro atoms. The fraction of sp³-hybridized carbons (Fsp3) is 0.688. The molecule has 0 bridgehead atoms. The highest BCUT2D eigenvalue weighted by Gasteiger charge is 2.22. The minimum Gasteiger partial charge on any atom is -0.470 e. The van der Waals surface area contributed by atoms with Crippen molar-refractivity contribution in [3.05, 3.63) is 12.1 Å². The minimum atomic E-state index is -0.294. The molecule has 4 heteroatoms. The van der Waals surface area contributed by atoms with Crippen LogP contribution < -0.4 is 15.8 Å². The molecule has 4 nitrogen and oxygen atoms in total. The topological polar surface area (TPSA) is 60.2 Å². The Kier molecular flexibility index (Phi) is 4.41. The minimum absolute atomic E-state index is 0.294. The largest absolute Gasteiger partial charge is 0.470 e. The molecule has 0 aliphatic heterocycles. The highest BCUT2D eigenvalue weighted by atomic mass is 16.5. The summed E-state index contributed by atoms with van der Waals surface area (Å²) in [6.45, 7) is 8.30. The molecule has 2 rings (SSSR count). The number of nitrogens with one attached hydrogen (secondary N) is 1. The summed E-state index contributed by atoms with van der Waals surface area (Å²) in [5.74, 6) is 2.07. The molecule has 0 amide bonds. The summed E-state index contributed by atoms with van der Waals surface area (Å²) in [6.07, 6.45) is 5.13. The summed E-state index contributed by atoms with van der Waals surface area (Å²) >= 11 is 0. The Bertz CT molecular complexity index is 454. The number of nitrogens with zero attached hydrogens (tertiary/aromatic N) is 1. The second kappa shape index (κ2) is 5.90. The average molecular weight is 277 g/mol. The lowest BCUT2D eigenvalue weighted by Gasteiger charge is -2.30. The molecule has 112 valence electrons. The third-order valence-corrected chi connectivity index (χ3v) is 3.74. The predicted octanol–water partition coefficient (Wildman–Crippen LogP) is 3.83. The highest BCUT2D eigenvalue weighted by molar-refractivity contribution is 5.54. The van der Waals surface area contributed by atoms with Crippen molar-refractivity contribution in [2.45, 2.75) is 65.0 Å². The second-order valence-electron chi connectivity index (χ2n) is 6.82. The number of hydrogen-bond acceptors (Lipinski definition) is 4. The number of nitrogen functional groups attached to an aromatic ring is 1. The van der Waals surface area contributed by atoms with E-state index in [2.05, 4.69) is 17.2 Å². The van der Waals surface area contributed by atoms with Crippen LogP contribution >= 0.6 is 0 Å². The van der Waals surface area contributed by atoms with Gasteiger partial charge in [0.25, 0.3) is 0 Å². The van der Waals surface area contributed by atoms with Crippen molar-refractivity contribution in [3.8, 4) is 5.88 Å². The van der Waals surface area contributed by atoms with Crippen LogP contribution in [0.3, 0.4) is 0 Å². The molecule has 1 fully saturated rings. The Morgan fingerprint density at radius 1 is 1.25 bits per heavy atom. The zero-order valence-electron chi connectivity index (χ0n) is 13.1. The van der Waals surface area contributed by atoms with E-state index in [0.717, 1.165) is 5.82 Å². The molecule has 20 heavy (non-hydrogen) atoms. The van der Waals surface area contributed by atoms with Gasteiger partial charge in [-0.2, -0.15) is 4.98 Å². The number of ether oxygens (including phenoxy) is 1. The van der Waals surface area contributed by atoms with Gasteiger partial charge < -0.3 is 15.8 Å². The molecule has 0 radical (unpaired) electrons. The standard InChI is InChI=1S/C16H27N3O/c1-11-7-5-6-8-13(11)18-14-10-9-12(17)15(19-14)20-16(2,3)4/h9-11,13H,5-8,17H2,1-4H3,(H,18,19). The fourth-order valence-corrected chi connectivity index (χ4v) is 2.62. The third kappa shape index (κ3) is 4.02. The van der Waals surface area contributed by atoms with Gasteiger partial charge in [-0.15, -0.1) is 0 Å². The lowest BCUT2D eigenvalue weighted by Crippen LogP contribution is -2.31. The summed E-state index contributed by atoms with van der Waals surface area (Å²) in [5.41, 5.74) is 6.23. The summed E-state index contributed by atoms with van der Waals surface area (Å²) in [5, 5.41) is 3.54. The van der Waals surface area contributed by atoms with Crippen LogP contribution in [-0.4, -0.2) is 16.6 Å². The molecule has 1 aliphatic carbocycles. The molecule has 1 aromatic rings. The van der Waals surface area contributed by atoms with Gasteiger partial charge in [0.2, 0.25) is 5.88 Å². The van der Waals surface area contributed by atoms with Crippen LogP contribution in [0.4, 0.5) is 11.5 Å². The quantitative estimate of drug-likeness (QED) is 0.881. The number of rotatable bonds is 3. The number of nitrogens with two attached hydrogens (primary N) is 1. The van der Waals surface area contributed by atoms with Crippen molar-refractivity contribution in [1.82, 2.24) is 4.98 Å². The van der Waals surface area contributed by atoms with E-state index < -0.39 is 0 Å². The van der Waals surface area contributed by atoms with Crippen molar-refractivity contribution in [3.63, 3.8) is 0 Å². The number of hydrogen-bond donors (Lipinski definition) is 2. The van der Waals surface area contributed by atoms with Crippen LogP contribution in [0, 0.1) is 5.92 Å². The normalized spacial score (nSPS) is 23.4. The highest BCUT2D eigenvalue weighted by Crippen LogP contribution is 2.29. The van der Waals surface area contributed by atoms with Gasteiger partial charge >= 0.3 is 0 Å². The number of anilines is 2. The first-order valence-electron chi connectivity index (χ1n) is 7.57. The van der Waals surface area contributed by atoms with Crippen LogP contribution in [0.15, 0.2) is 12.1 Å². The van der Waals surface area contributed by atoms with Gasteiger partial charge in [0.15, 0.2) is 0 Å². The van der Waals surface area contributed by atoms with E-state index in [1.54, 1.807) is 0 Å². The number of pyridine rings is 1. The Morgan fingerprint density at radius 2 is 1.95 bits per heavy atom. The van der Waals surface area contributed by atoms with Gasteiger partial charge in [-0.25, -0.2) is 0 Å². The SMILES string of the molecule is CC1CCCCC1Nc1ccc(N)c(OC(C)(C)C)n1. The zero-order valence-corrected chi connectivity index (χ0v) is 13.1. The summed E-state index contributed by atoms with van der Waals surface area (Å²) in [7, 11) is 0.